The molecule has 1 aromatic carbocycles. The number of hydrogen-bond donors (Lipinski definition) is 1. The molecule has 0 atom stereocenters. The third-order valence-electron chi connectivity index (χ3n) is 1.89. The molecule has 1 rings (SSSR count). The van der Waals surface area contributed by atoms with Crippen LogP contribution in [0.25, 0.3) is 0 Å². The second kappa shape index (κ2) is 6.28. The Kier molecular flexibility index (Phi) is 4.70. The van der Waals surface area contributed by atoms with Crippen LogP contribution in [-0.2, 0) is 14.3 Å². The fraction of sp³-hybridized carbons (Fsp3) is 0.250. The van der Waals surface area contributed by atoms with Gasteiger partial charge in [0.05, 0.1) is 18.2 Å². The standard InChI is InChI=1S/C12H12N2O3/c1-2-17-12(16)7-11(15)14-10-5-3-4-9(6-10)8-13/h3-6H,2,7H2,1H3,(H,14,15). The van der Waals surface area contributed by atoms with Crippen LogP contribution in [-0.4, -0.2) is 18.5 Å². The summed E-state index contributed by atoms with van der Waals surface area (Å²) in [4.78, 5) is 22.4. The van der Waals surface area contributed by atoms with Gasteiger partial charge in [0.15, 0.2) is 0 Å². The Balaban J connectivity index is 2.56. The van der Waals surface area contributed by atoms with Crippen LogP contribution < -0.4 is 5.32 Å². The van der Waals surface area contributed by atoms with Gasteiger partial charge < -0.3 is 10.1 Å². The van der Waals surface area contributed by atoms with Gasteiger partial charge in [0, 0.05) is 5.69 Å². The van der Waals surface area contributed by atoms with Gasteiger partial charge in [-0.05, 0) is 25.1 Å². The van der Waals surface area contributed by atoms with Crippen molar-refractivity contribution in [3.8, 4) is 6.07 Å². The van der Waals surface area contributed by atoms with Gasteiger partial charge in [-0.1, -0.05) is 6.07 Å². The first-order valence-corrected chi connectivity index (χ1v) is 5.11. The molecule has 5 nitrogen and oxygen atoms in total. The highest BCUT2D eigenvalue weighted by Gasteiger charge is 2.10. The maximum Gasteiger partial charge on any atom is 0.315 e. The van der Waals surface area contributed by atoms with Gasteiger partial charge in [0.1, 0.15) is 6.42 Å². The molecule has 0 aromatic heterocycles. The molecule has 1 N–H and O–H groups in total. The van der Waals surface area contributed by atoms with E-state index in [0.717, 1.165) is 0 Å². The molecule has 17 heavy (non-hydrogen) atoms. The van der Waals surface area contributed by atoms with E-state index in [1.807, 2.05) is 6.07 Å². The number of esters is 1. The molecule has 0 bridgehead atoms. The van der Waals surface area contributed by atoms with Crippen LogP contribution in [0, 0.1) is 11.3 Å². The summed E-state index contributed by atoms with van der Waals surface area (Å²) in [6.07, 6.45) is -0.329. The van der Waals surface area contributed by atoms with Crippen LogP contribution in [0.4, 0.5) is 5.69 Å². The number of nitrogens with zero attached hydrogens (tertiary/aromatic N) is 1. The Labute approximate surface area is 99.0 Å². The van der Waals surface area contributed by atoms with E-state index in [1.54, 1.807) is 25.1 Å². The lowest BCUT2D eigenvalue weighted by atomic mass is 10.2. The molecule has 0 aliphatic heterocycles. The molecule has 0 saturated heterocycles. The summed E-state index contributed by atoms with van der Waals surface area (Å²) in [7, 11) is 0. The lowest BCUT2D eigenvalue weighted by molar-refractivity contribution is -0.145. The summed E-state index contributed by atoms with van der Waals surface area (Å²) in [5.41, 5.74) is 0.928. The number of amides is 1. The van der Waals surface area contributed by atoms with E-state index >= 15 is 0 Å². The number of nitrogens with one attached hydrogen (secondary N) is 1. The topological polar surface area (TPSA) is 79.2 Å². The second-order valence-corrected chi connectivity index (χ2v) is 3.22. The summed E-state index contributed by atoms with van der Waals surface area (Å²) in [5.74, 6) is -1.03. The van der Waals surface area contributed by atoms with Crippen molar-refractivity contribution in [2.75, 3.05) is 11.9 Å². The van der Waals surface area contributed by atoms with Crippen molar-refractivity contribution in [2.24, 2.45) is 0 Å². The average Bonchev–Trinajstić information content (AvgIpc) is 2.29. The zero-order valence-electron chi connectivity index (χ0n) is 9.40. The van der Waals surface area contributed by atoms with Crippen LogP contribution in [0.5, 0.6) is 0 Å². The van der Waals surface area contributed by atoms with Gasteiger partial charge in [0.2, 0.25) is 5.91 Å². The number of rotatable bonds is 4. The number of carbonyl (C=O) groups excluding carboxylic acids is 2. The molecule has 0 fully saturated rings. The molecule has 0 heterocycles. The number of anilines is 1. The molecule has 0 aliphatic carbocycles. The van der Waals surface area contributed by atoms with E-state index in [0.29, 0.717) is 11.3 Å². The Bertz CT molecular complexity index is 463. The van der Waals surface area contributed by atoms with Crippen molar-refractivity contribution in [1.82, 2.24) is 0 Å². The third-order valence-corrected chi connectivity index (χ3v) is 1.89. The van der Waals surface area contributed by atoms with Crippen LogP contribution in [0.3, 0.4) is 0 Å². The first-order valence-electron chi connectivity index (χ1n) is 5.11. The van der Waals surface area contributed by atoms with Gasteiger partial charge >= 0.3 is 5.97 Å². The van der Waals surface area contributed by atoms with Crippen LogP contribution in [0.1, 0.15) is 18.9 Å². The van der Waals surface area contributed by atoms with E-state index in [1.165, 1.54) is 6.07 Å². The van der Waals surface area contributed by atoms with Crippen LogP contribution in [0.15, 0.2) is 24.3 Å². The minimum atomic E-state index is -0.568. The first kappa shape index (κ1) is 12.7. The van der Waals surface area contributed by atoms with E-state index in [-0.39, 0.29) is 13.0 Å². The van der Waals surface area contributed by atoms with Crippen molar-refractivity contribution in [3.05, 3.63) is 29.8 Å². The van der Waals surface area contributed by atoms with E-state index in [9.17, 15) is 9.59 Å². The number of ether oxygens (including phenoxy) is 1. The minimum absolute atomic E-state index is 0.246. The Morgan fingerprint density at radius 3 is 2.88 bits per heavy atom. The SMILES string of the molecule is CCOC(=O)CC(=O)Nc1cccc(C#N)c1. The van der Waals surface area contributed by atoms with Gasteiger partial charge in [-0.15, -0.1) is 0 Å². The van der Waals surface area contributed by atoms with Gasteiger partial charge in [-0.2, -0.15) is 5.26 Å². The molecular weight excluding hydrogens is 220 g/mol. The largest absolute Gasteiger partial charge is 0.466 e. The van der Waals surface area contributed by atoms with Crippen molar-refractivity contribution < 1.29 is 14.3 Å². The lowest BCUT2D eigenvalue weighted by Crippen LogP contribution is -2.18. The first-order chi connectivity index (χ1) is 8.15. The highest BCUT2D eigenvalue weighted by molar-refractivity contribution is 6.01. The van der Waals surface area contributed by atoms with Crippen molar-refractivity contribution in [3.63, 3.8) is 0 Å². The fourth-order valence-corrected chi connectivity index (χ4v) is 1.21. The normalized spacial score (nSPS) is 9.18. The Morgan fingerprint density at radius 1 is 1.47 bits per heavy atom. The zero-order chi connectivity index (χ0) is 12.7. The smallest absolute Gasteiger partial charge is 0.315 e. The van der Waals surface area contributed by atoms with Gasteiger partial charge in [-0.3, -0.25) is 9.59 Å². The molecule has 0 unspecified atom stereocenters. The molecule has 5 heteroatoms. The highest BCUT2D eigenvalue weighted by Crippen LogP contribution is 2.10. The van der Waals surface area contributed by atoms with Gasteiger partial charge in [-0.25, -0.2) is 0 Å². The quantitative estimate of drug-likeness (QED) is 0.629. The molecule has 88 valence electrons. The summed E-state index contributed by atoms with van der Waals surface area (Å²) in [5, 5.41) is 11.2. The van der Waals surface area contributed by atoms with Crippen molar-refractivity contribution >= 4 is 17.6 Å². The Hall–Kier alpha value is -2.35. The zero-order valence-corrected chi connectivity index (χ0v) is 9.40. The third kappa shape index (κ3) is 4.34. The number of nitriles is 1. The monoisotopic (exact) mass is 232 g/mol. The number of hydrogen-bond acceptors (Lipinski definition) is 4. The highest BCUT2D eigenvalue weighted by atomic mass is 16.5. The molecule has 1 amide bonds. The maximum absolute atomic E-state index is 11.4. The van der Waals surface area contributed by atoms with Crippen LogP contribution in [0.2, 0.25) is 0 Å². The molecule has 0 spiro atoms. The lowest BCUT2D eigenvalue weighted by Gasteiger charge is -2.05. The molecule has 0 aliphatic rings. The fourth-order valence-electron chi connectivity index (χ4n) is 1.21. The van der Waals surface area contributed by atoms with E-state index in [2.05, 4.69) is 10.1 Å². The molecule has 0 radical (unpaired) electrons. The minimum Gasteiger partial charge on any atom is -0.466 e. The average molecular weight is 232 g/mol. The molecule has 1 aromatic rings. The summed E-state index contributed by atoms with van der Waals surface area (Å²) < 4.78 is 4.64. The summed E-state index contributed by atoms with van der Waals surface area (Å²) >= 11 is 0. The summed E-state index contributed by atoms with van der Waals surface area (Å²) in [6.45, 7) is 1.92. The second-order valence-electron chi connectivity index (χ2n) is 3.22. The number of carbonyl (C=O) groups is 2. The molecule has 0 saturated carbocycles. The summed E-state index contributed by atoms with van der Waals surface area (Å²) in [6, 6.07) is 8.41. The van der Waals surface area contributed by atoms with E-state index in [4.69, 9.17) is 5.26 Å². The van der Waals surface area contributed by atoms with Crippen LogP contribution >= 0.6 is 0 Å². The van der Waals surface area contributed by atoms with Gasteiger partial charge in [0.25, 0.3) is 0 Å². The van der Waals surface area contributed by atoms with Crippen molar-refractivity contribution in [2.45, 2.75) is 13.3 Å². The predicted octanol–water partition coefficient (Wildman–Crippen LogP) is 1.45. The van der Waals surface area contributed by atoms with E-state index < -0.39 is 11.9 Å². The maximum atomic E-state index is 11.4. The predicted molar refractivity (Wildman–Crippen MR) is 61.0 cm³/mol. The van der Waals surface area contributed by atoms with Crippen molar-refractivity contribution in [1.29, 1.82) is 5.26 Å². The number of benzene rings is 1. The Morgan fingerprint density at radius 2 is 2.24 bits per heavy atom. The molecular formula is C12H12N2O3.